The molecule has 0 spiro atoms. The first-order valence-corrected chi connectivity index (χ1v) is 11.6. The van der Waals surface area contributed by atoms with Crippen LogP contribution in [0.2, 0.25) is 0 Å². The van der Waals surface area contributed by atoms with Crippen LogP contribution in [0.4, 0.5) is 13.6 Å². The predicted molar refractivity (Wildman–Crippen MR) is 132 cm³/mol. The molecule has 2 heterocycles. The fourth-order valence-corrected chi connectivity index (χ4v) is 5.34. The van der Waals surface area contributed by atoms with Crippen molar-refractivity contribution in [1.82, 2.24) is 14.9 Å². The molecule has 4 aromatic rings. The van der Waals surface area contributed by atoms with Crippen LogP contribution in [0.25, 0.3) is 11.1 Å². The van der Waals surface area contributed by atoms with E-state index in [0.29, 0.717) is 19.4 Å². The van der Waals surface area contributed by atoms with E-state index in [1.54, 1.807) is 7.05 Å². The highest BCUT2D eigenvalue weighted by Crippen LogP contribution is 2.52. The molecule has 1 aliphatic rings. The topological polar surface area (TPSA) is 55.3 Å². The third-order valence-electron chi connectivity index (χ3n) is 6.83. The number of benzene rings is 2. The zero-order valence-corrected chi connectivity index (χ0v) is 20.0. The normalized spacial score (nSPS) is 13.1. The molecule has 0 radical (unpaired) electrons. The largest absolute Gasteiger partial charge is 0.453 e. The fourth-order valence-electron chi connectivity index (χ4n) is 5.34. The number of rotatable bonds is 6. The highest BCUT2D eigenvalue weighted by molar-refractivity contribution is 5.82. The number of carbonyl (C=O) groups excluding carboxylic acids is 1. The first-order valence-electron chi connectivity index (χ1n) is 11.6. The van der Waals surface area contributed by atoms with Gasteiger partial charge in [-0.2, -0.15) is 8.78 Å². The molecule has 2 aromatic heterocycles. The number of fused-ring (bicyclic) bond motifs is 3. The number of carbonyl (C=O) groups is 1. The molecule has 1 aliphatic carbocycles. The minimum atomic E-state index is -0.604. The Balaban J connectivity index is 1.70. The maximum atomic E-state index is 14.1. The number of pyridine rings is 2. The van der Waals surface area contributed by atoms with Gasteiger partial charge in [-0.05, 0) is 76.1 Å². The fraction of sp³-hybridized carbons (Fsp3) is 0.207. The van der Waals surface area contributed by atoms with E-state index < -0.39 is 23.4 Å². The predicted octanol–water partition coefficient (Wildman–Crippen LogP) is 5.70. The number of nitrogens with zero attached hydrogens (tertiary/aromatic N) is 3. The highest BCUT2D eigenvalue weighted by Gasteiger charge is 2.43. The standard InChI is InChI=1S/C29H25F2N3O2/c1-34(28(35)36-2)18-21-7-8-23-22-5-3-4-6-24(22)29(25(23)13-21,16-19-9-11-32-26(30)14-19)17-20-10-12-33-27(31)15-20/h3-15H,16-18H2,1-2H3. The molecule has 0 saturated carbocycles. The first kappa shape index (κ1) is 23.6. The third kappa shape index (κ3) is 4.33. The van der Waals surface area contributed by atoms with Gasteiger partial charge in [0, 0.05) is 31.4 Å². The number of halogens is 2. The summed E-state index contributed by atoms with van der Waals surface area (Å²) in [6.07, 6.45) is 3.47. The van der Waals surface area contributed by atoms with E-state index in [1.807, 2.05) is 30.3 Å². The van der Waals surface area contributed by atoms with Gasteiger partial charge in [-0.3, -0.25) is 0 Å². The quantitative estimate of drug-likeness (QED) is 0.329. The average Bonchev–Trinajstić information content (AvgIpc) is 3.12. The smallest absolute Gasteiger partial charge is 0.409 e. The van der Waals surface area contributed by atoms with Gasteiger partial charge in [-0.1, -0.05) is 42.5 Å². The molecule has 7 heteroatoms. The molecule has 36 heavy (non-hydrogen) atoms. The van der Waals surface area contributed by atoms with Crippen LogP contribution >= 0.6 is 0 Å². The SMILES string of the molecule is COC(=O)N(C)Cc1ccc2c(c1)C(Cc1ccnc(F)c1)(Cc1ccnc(F)c1)c1ccccc1-2. The van der Waals surface area contributed by atoms with Gasteiger partial charge < -0.3 is 9.64 Å². The van der Waals surface area contributed by atoms with E-state index in [2.05, 4.69) is 34.2 Å². The lowest BCUT2D eigenvalue weighted by Gasteiger charge is -2.33. The molecule has 2 aromatic carbocycles. The van der Waals surface area contributed by atoms with Gasteiger partial charge in [-0.25, -0.2) is 14.8 Å². The minimum Gasteiger partial charge on any atom is -0.453 e. The number of hydrogen-bond donors (Lipinski definition) is 0. The molecule has 5 nitrogen and oxygen atoms in total. The lowest BCUT2D eigenvalue weighted by molar-refractivity contribution is 0.131. The Labute approximate surface area is 208 Å². The first-order chi connectivity index (χ1) is 17.4. The second-order valence-corrected chi connectivity index (χ2v) is 9.16. The molecule has 0 unspecified atom stereocenters. The summed E-state index contributed by atoms with van der Waals surface area (Å²) in [6, 6.07) is 20.8. The molecule has 0 aliphatic heterocycles. The summed E-state index contributed by atoms with van der Waals surface area (Å²) in [6.45, 7) is 0.361. The Hall–Kier alpha value is -4.13. The molecule has 0 bridgehead atoms. The van der Waals surface area contributed by atoms with E-state index >= 15 is 0 Å². The summed E-state index contributed by atoms with van der Waals surface area (Å²) in [4.78, 5) is 21.0. The van der Waals surface area contributed by atoms with Crippen LogP contribution in [-0.2, 0) is 29.5 Å². The van der Waals surface area contributed by atoms with Gasteiger partial charge in [0.1, 0.15) is 0 Å². The number of ether oxygens (including phenoxy) is 1. The van der Waals surface area contributed by atoms with Crippen LogP contribution in [0.15, 0.2) is 79.1 Å². The van der Waals surface area contributed by atoms with Gasteiger partial charge in [0.15, 0.2) is 0 Å². The molecule has 0 atom stereocenters. The van der Waals surface area contributed by atoms with Gasteiger partial charge in [0.2, 0.25) is 11.9 Å². The summed E-state index contributed by atoms with van der Waals surface area (Å²) in [7, 11) is 3.03. The van der Waals surface area contributed by atoms with Crippen molar-refractivity contribution in [1.29, 1.82) is 0 Å². The second-order valence-electron chi connectivity index (χ2n) is 9.16. The molecular weight excluding hydrogens is 460 g/mol. The van der Waals surface area contributed by atoms with Crippen LogP contribution in [0, 0.1) is 11.9 Å². The van der Waals surface area contributed by atoms with Crippen molar-refractivity contribution in [3.8, 4) is 11.1 Å². The Bertz CT molecular complexity index is 1390. The van der Waals surface area contributed by atoms with Crippen LogP contribution in [0.3, 0.4) is 0 Å². The van der Waals surface area contributed by atoms with Gasteiger partial charge in [-0.15, -0.1) is 0 Å². The van der Waals surface area contributed by atoms with Crippen molar-refractivity contribution in [2.75, 3.05) is 14.2 Å². The number of methoxy groups -OCH3 is 1. The van der Waals surface area contributed by atoms with Crippen LogP contribution in [0.1, 0.15) is 27.8 Å². The Morgan fingerprint density at radius 3 is 2.06 bits per heavy atom. The molecule has 182 valence electrons. The van der Waals surface area contributed by atoms with E-state index in [4.69, 9.17) is 4.74 Å². The molecule has 1 amide bonds. The van der Waals surface area contributed by atoms with Crippen molar-refractivity contribution in [2.24, 2.45) is 0 Å². The third-order valence-corrected chi connectivity index (χ3v) is 6.83. The molecule has 0 fully saturated rings. The molecular formula is C29H25F2N3O2. The Morgan fingerprint density at radius 2 is 1.44 bits per heavy atom. The van der Waals surface area contributed by atoms with E-state index in [0.717, 1.165) is 38.9 Å². The second kappa shape index (κ2) is 9.49. The highest BCUT2D eigenvalue weighted by atomic mass is 19.1. The number of amides is 1. The maximum absolute atomic E-state index is 14.1. The van der Waals surface area contributed by atoms with Gasteiger partial charge >= 0.3 is 6.09 Å². The Kier molecular flexibility index (Phi) is 6.22. The van der Waals surface area contributed by atoms with Crippen molar-refractivity contribution in [3.05, 3.63) is 119 Å². The summed E-state index contributed by atoms with van der Waals surface area (Å²) in [5.74, 6) is -1.09. The summed E-state index contributed by atoms with van der Waals surface area (Å²) >= 11 is 0. The van der Waals surface area contributed by atoms with Crippen molar-refractivity contribution in [2.45, 2.75) is 24.8 Å². The van der Waals surface area contributed by atoms with Crippen LogP contribution in [0.5, 0.6) is 0 Å². The summed E-state index contributed by atoms with van der Waals surface area (Å²) in [5.41, 5.74) is 6.20. The monoisotopic (exact) mass is 485 g/mol. The van der Waals surface area contributed by atoms with Gasteiger partial charge in [0.25, 0.3) is 0 Å². The van der Waals surface area contributed by atoms with Crippen molar-refractivity contribution in [3.63, 3.8) is 0 Å². The lowest BCUT2D eigenvalue weighted by atomic mass is 9.69. The van der Waals surface area contributed by atoms with Crippen molar-refractivity contribution < 1.29 is 18.3 Å². The number of aromatic nitrogens is 2. The Morgan fingerprint density at radius 1 is 0.833 bits per heavy atom. The van der Waals surface area contributed by atoms with E-state index in [-0.39, 0.29) is 0 Å². The summed E-state index contributed by atoms with van der Waals surface area (Å²) < 4.78 is 33.1. The maximum Gasteiger partial charge on any atom is 0.409 e. The molecule has 5 rings (SSSR count). The molecule has 0 N–H and O–H groups in total. The van der Waals surface area contributed by atoms with Gasteiger partial charge in [0.05, 0.1) is 7.11 Å². The van der Waals surface area contributed by atoms with E-state index in [9.17, 15) is 13.6 Å². The molecule has 0 saturated heterocycles. The average molecular weight is 486 g/mol. The van der Waals surface area contributed by atoms with Crippen molar-refractivity contribution >= 4 is 6.09 Å². The van der Waals surface area contributed by atoms with Crippen LogP contribution in [-0.4, -0.2) is 35.1 Å². The van der Waals surface area contributed by atoms with E-state index in [1.165, 1.54) is 36.5 Å². The zero-order valence-electron chi connectivity index (χ0n) is 20.0. The zero-order chi connectivity index (χ0) is 25.3. The summed E-state index contributed by atoms with van der Waals surface area (Å²) in [5, 5.41) is 0. The number of hydrogen-bond acceptors (Lipinski definition) is 4. The minimum absolute atomic E-state index is 0.361. The van der Waals surface area contributed by atoms with Crippen LogP contribution < -0.4 is 0 Å². The lowest BCUT2D eigenvalue weighted by Crippen LogP contribution is -2.32.